The number of benzene rings is 1. The minimum atomic E-state index is -0.764. The van der Waals surface area contributed by atoms with Crippen LogP contribution in [0.1, 0.15) is 31.2 Å². The summed E-state index contributed by atoms with van der Waals surface area (Å²) >= 11 is 0. The summed E-state index contributed by atoms with van der Waals surface area (Å²) in [7, 11) is 1.30. The summed E-state index contributed by atoms with van der Waals surface area (Å²) in [6, 6.07) is 9.06. The number of ether oxygens (including phenoxy) is 1. The number of rotatable bonds is 7. The molecule has 1 aromatic rings. The van der Waals surface area contributed by atoms with E-state index in [1.54, 1.807) is 0 Å². The highest BCUT2D eigenvalue weighted by atomic mass is 16.5. The Labute approximate surface area is 153 Å². The lowest BCUT2D eigenvalue weighted by Gasteiger charge is -2.33. The molecule has 0 bridgehead atoms. The minimum Gasteiger partial charge on any atom is -0.469 e. The van der Waals surface area contributed by atoms with Crippen LogP contribution < -0.4 is 10.6 Å². The van der Waals surface area contributed by atoms with Gasteiger partial charge in [-0.15, -0.1) is 0 Å². The Morgan fingerprint density at radius 1 is 1.19 bits per heavy atom. The van der Waals surface area contributed by atoms with E-state index in [2.05, 4.69) is 15.4 Å². The lowest BCUT2D eigenvalue weighted by Crippen LogP contribution is -2.49. The molecule has 0 heterocycles. The molecule has 3 N–H and O–H groups in total. The van der Waals surface area contributed by atoms with Gasteiger partial charge in [0.2, 0.25) is 11.8 Å². The van der Waals surface area contributed by atoms with E-state index in [0.29, 0.717) is 19.3 Å². The van der Waals surface area contributed by atoms with E-state index < -0.39 is 6.10 Å². The van der Waals surface area contributed by atoms with Crippen LogP contribution in [-0.4, -0.2) is 48.7 Å². The molecular weight excluding hydrogens is 336 g/mol. The Morgan fingerprint density at radius 3 is 2.58 bits per heavy atom. The standard InChI is InChI=1S/C19H26N2O5/c1-26-18(24)9-10-20-19(25)14-7-8-15(16(22)12-14)21-17(23)11-13-5-3-2-4-6-13/h2-6,14-16,22H,7-12H2,1H3,(H,20,25)(H,21,23)/t14-,15+,16+/m0/s1. The molecule has 0 aliphatic heterocycles. The molecule has 0 spiro atoms. The van der Waals surface area contributed by atoms with Gasteiger partial charge < -0.3 is 20.5 Å². The minimum absolute atomic E-state index is 0.121. The topological polar surface area (TPSA) is 105 Å². The lowest BCUT2D eigenvalue weighted by molar-refractivity contribution is -0.140. The van der Waals surface area contributed by atoms with Gasteiger partial charge in [0.05, 0.1) is 32.1 Å². The van der Waals surface area contributed by atoms with E-state index in [9.17, 15) is 19.5 Å². The van der Waals surface area contributed by atoms with Gasteiger partial charge in [-0.3, -0.25) is 14.4 Å². The quantitative estimate of drug-likeness (QED) is 0.615. The predicted molar refractivity (Wildman–Crippen MR) is 95.1 cm³/mol. The molecule has 2 amide bonds. The first-order valence-corrected chi connectivity index (χ1v) is 8.85. The smallest absolute Gasteiger partial charge is 0.307 e. The van der Waals surface area contributed by atoms with Crippen molar-refractivity contribution >= 4 is 17.8 Å². The highest BCUT2D eigenvalue weighted by Crippen LogP contribution is 2.25. The SMILES string of the molecule is COC(=O)CCNC(=O)[C@H]1CC[C@@H](NC(=O)Cc2ccccc2)[C@H](O)C1. The maximum Gasteiger partial charge on any atom is 0.307 e. The summed E-state index contributed by atoms with van der Waals surface area (Å²) in [6.07, 6.45) is 1.03. The zero-order valence-electron chi connectivity index (χ0n) is 14.9. The van der Waals surface area contributed by atoms with Crippen LogP contribution >= 0.6 is 0 Å². The molecule has 0 aromatic heterocycles. The molecule has 1 aliphatic carbocycles. The van der Waals surface area contributed by atoms with E-state index in [1.165, 1.54) is 7.11 Å². The second-order valence-corrected chi connectivity index (χ2v) is 6.53. The number of aliphatic hydroxyl groups excluding tert-OH is 1. The maximum absolute atomic E-state index is 12.1. The fraction of sp³-hybridized carbons (Fsp3) is 0.526. The number of aliphatic hydroxyl groups is 1. The fourth-order valence-corrected chi connectivity index (χ4v) is 3.13. The molecule has 2 rings (SSSR count). The summed E-state index contributed by atoms with van der Waals surface area (Å²) in [5.74, 6) is -1.01. The number of amides is 2. The molecule has 1 aliphatic rings. The fourth-order valence-electron chi connectivity index (χ4n) is 3.13. The van der Waals surface area contributed by atoms with Crippen LogP contribution in [0.2, 0.25) is 0 Å². The molecule has 26 heavy (non-hydrogen) atoms. The highest BCUT2D eigenvalue weighted by Gasteiger charge is 2.33. The Morgan fingerprint density at radius 2 is 1.92 bits per heavy atom. The van der Waals surface area contributed by atoms with E-state index in [-0.39, 0.29) is 49.1 Å². The van der Waals surface area contributed by atoms with Crippen LogP contribution in [0.4, 0.5) is 0 Å². The Kier molecular flexibility index (Phi) is 7.59. The second kappa shape index (κ2) is 9.91. The van der Waals surface area contributed by atoms with Gasteiger partial charge in [-0.2, -0.15) is 0 Å². The number of hydrogen-bond acceptors (Lipinski definition) is 5. The normalized spacial score (nSPS) is 22.3. The summed E-state index contributed by atoms with van der Waals surface area (Å²) in [6.45, 7) is 0.218. The molecule has 0 saturated heterocycles. The van der Waals surface area contributed by atoms with Crippen molar-refractivity contribution in [3.8, 4) is 0 Å². The molecule has 0 radical (unpaired) electrons. The molecule has 142 valence electrons. The third-order valence-corrected chi connectivity index (χ3v) is 4.60. The van der Waals surface area contributed by atoms with Crippen molar-refractivity contribution in [2.75, 3.05) is 13.7 Å². The van der Waals surface area contributed by atoms with Crippen molar-refractivity contribution in [2.24, 2.45) is 5.92 Å². The maximum atomic E-state index is 12.1. The summed E-state index contributed by atoms with van der Waals surface area (Å²) in [5, 5.41) is 15.8. The van der Waals surface area contributed by atoms with Gasteiger partial charge >= 0.3 is 5.97 Å². The molecule has 1 fully saturated rings. The number of esters is 1. The van der Waals surface area contributed by atoms with E-state index >= 15 is 0 Å². The van der Waals surface area contributed by atoms with Crippen molar-refractivity contribution in [1.82, 2.24) is 10.6 Å². The number of methoxy groups -OCH3 is 1. The molecular formula is C19H26N2O5. The molecule has 0 unspecified atom stereocenters. The Hall–Kier alpha value is -2.41. The lowest BCUT2D eigenvalue weighted by atomic mass is 9.83. The zero-order valence-corrected chi connectivity index (χ0v) is 14.9. The van der Waals surface area contributed by atoms with Crippen LogP contribution in [-0.2, 0) is 25.5 Å². The number of nitrogens with one attached hydrogen (secondary N) is 2. The van der Waals surface area contributed by atoms with E-state index in [1.807, 2.05) is 30.3 Å². The van der Waals surface area contributed by atoms with Gasteiger partial charge in [-0.05, 0) is 24.8 Å². The zero-order chi connectivity index (χ0) is 18.9. The molecule has 3 atom stereocenters. The number of carbonyl (C=O) groups excluding carboxylic acids is 3. The highest BCUT2D eigenvalue weighted by molar-refractivity contribution is 5.80. The average molecular weight is 362 g/mol. The Bertz CT molecular complexity index is 620. The third kappa shape index (κ3) is 6.15. The van der Waals surface area contributed by atoms with Gasteiger partial charge in [-0.25, -0.2) is 0 Å². The largest absolute Gasteiger partial charge is 0.469 e. The van der Waals surface area contributed by atoms with Crippen molar-refractivity contribution in [3.05, 3.63) is 35.9 Å². The summed E-state index contributed by atoms with van der Waals surface area (Å²) in [4.78, 5) is 35.3. The third-order valence-electron chi connectivity index (χ3n) is 4.60. The van der Waals surface area contributed by atoms with Crippen LogP contribution in [0.25, 0.3) is 0 Å². The van der Waals surface area contributed by atoms with Crippen LogP contribution in [0.3, 0.4) is 0 Å². The van der Waals surface area contributed by atoms with Gasteiger partial charge in [0, 0.05) is 12.5 Å². The van der Waals surface area contributed by atoms with E-state index in [4.69, 9.17) is 0 Å². The first-order chi connectivity index (χ1) is 12.5. The van der Waals surface area contributed by atoms with Crippen LogP contribution in [0.15, 0.2) is 30.3 Å². The molecule has 1 saturated carbocycles. The summed E-state index contributed by atoms with van der Waals surface area (Å²) in [5.41, 5.74) is 0.915. The van der Waals surface area contributed by atoms with E-state index in [0.717, 1.165) is 5.56 Å². The predicted octanol–water partition coefficient (Wildman–Crippen LogP) is 0.554. The first-order valence-electron chi connectivity index (χ1n) is 8.85. The summed E-state index contributed by atoms with van der Waals surface area (Å²) < 4.78 is 4.52. The Balaban J connectivity index is 1.74. The van der Waals surface area contributed by atoms with Crippen LogP contribution in [0, 0.1) is 5.92 Å². The first kappa shape index (κ1) is 19.9. The average Bonchev–Trinajstić information content (AvgIpc) is 2.63. The van der Waals surface area contributed by atoms with Crippen molar-refractivity contribution < 1.29 is 24.2 Å². The van der Waals surface area contributed by atoms with Gasteiger partial charge in [-0.1, -0.05) is 30.3 Å². The number of carbonyl (C=O) groups is 3. The van der Waals surface area contributed by atoms with Gasteiger partial charge in [0.15, 0.2) is 0 Å². The van der Waals surface area contributed by atoms with Gasteiger partial charge in [0.1, 0.15) is 0 Å². The molecule has 7 heteroatoms. The van der Waals surface area contributed by atoms with Crippen LogP contribution in [0.5, 0.6) is 0 Å². The van der Waals surface area contributed by atoms with Crippen molar-refractivity contribution in [1.29, 1.82) is 0 Å². The molecule has 1 aromatic carbocycles. The number of hydrogen-bond donors (Lipinski definition) is 3. The van der Waals surface area contributed by atoms with Crippen molar-refractivity contribution in [2.45, 2.75) is 44.2 Å². The van der Waals surface area contributed by atoms with Gasteiger partial charge in [0.25, 0.3) is 0 Å². The second-order valence-electron chi connectivity index (χ2n) is 6.53. The molecule has 7 nitrogen and oxygen atoms in total. The monoisotopic (exact) mass is 362 g/mol. The van der Waals surface area contributed by atoms with Crippen molar-refractivity contribution in [3.63, 3.8) is 0 Å².